The van der Waals surface area contributed by atoms with Gasteiger partial charge in [0.15, 0.2) is 0 Å². The Morgan fingerprint density at radius 3 is 2.29 bits per heavy atom. The lowest BCUT2D eigenvalue weighted by atomic mass is 10.0. The van der Waals surface area contributed by atoms with E-state index >= 15 is 0 Å². The summed E-state index contributed by atoms with van der Waals surface area (Å²) in [5.41, 5.74) is 6.67. The summed E-state index contributed by atoms with van der Waals surface area (Å²) in [4.78, 5) is 0. The van der Waals surface area contributed by atoms with Crippen LogP contribution < -0.4 is 10.5 Å². The molecule has 0 heterocycles. The average molecular weight is 295 g/mol. The van der Waals surface area contributed by atoms with Crippen molar-refractivity contribution in [2.24, 2.45) is 0 Å². The number of hydrogen-bond acceptors (Lipinski definition) is 2. The van der Waals surface area contributed by atoms with Gasteiger partial charge >= 0.3 is 6.18 Å². The minimum Gasteiger partial charge on any atom is -0.457 e. The van der Waals surface area contributed by atoms with Gasteiger partial charge in [-0.05, 0) is 47.9 Å². The molecule has 2 aromatic rings. The zero-order valence-electron chi connectivity index (χ0n) is 11.7. The molecule has 2 N–H and O–H groups in total. The maximum atomic E-state index is 12.7. The van der Waals surface area contributed by atoms with Gasteiger partial charge < -0.3 is 10.5 Å². The minimum atomic E-state index is -4.39. The highest BCUT2D eigenvalue weighted by molar-refractivity contribution is 5.52. The molecular formula is C16H16F3NO. The highest BCUT2D eigenvalue weighted by Crippen LogP contribution is 2.34. The molecule has 2 aromatic carbocycles. The Labute approximate surface area is 121 Å². The highest BCUT2D eigenvalue weighted by Gasteiger charge is 2.30. The Morgan fingerprint density at radius 1 is 1.00 bits per heavy atom. The number of hydrogen-bond donors (Lipinski definition) is 1. The molecule has 0 spiro atoms. The third kappa shape index (κ3) is 3.68. The van der Waals surface area contributed by atoms with Gasteiger partial charge in [0.1, 0.15) is 11.5 Å². The lowest BCUT2D eigenvalue weighted by molar-refractivity contribution is -0.137. The molecule has 0 aliphatic heterocycles. The fourth-order valence-electron chi connectivity index (χ4n) is 1.99. The van der Waals surface area contributed by atoms with E-state index in [0.717, 1.165) is 17.7 Å². The normalized spacial score (nSPS) is 11.7. The number of halogens is 3. The van der Waals surface area contributed by atoms with Crippen LogP contribution in [0.4, 0.5) is 18.9 Å². The summed E-state index contributed by atoms with van der Waals surface area (Å²) in [6, 6.07) is 9.88. The van der Waals surface area contributed by atoms with E-state index in [0.29, 0.717) is 11.4 Å². The molecule has 5 heteroatoms. The summed E-state index contributed by atoms with van der Waals surface area (Å²) < 4.78 is 43.5. The zero-order chi connectivity index (χ0) is 15.6. The van der Waals surface area contributed by atoms with E-state index in [1.807, 2.05) is 13.8 Å². The van der Waals surface area contributed by atoms with E-state index in [2.05, 4.69) is 0 Å². The van der Waals surface area contributed by atoms with E-state index in [1.165, 1.54) is 12.1 Å². The summed E-state index contributed by atoms with van der Waals surface area (Å²) in [5.74, 6) is 0.812. The summed E-state index contributed by atoms with van der Waals surface area (Å²) >= 11 is 0. The predicted molar refractivity (Wildman–Crippen MR) is 76.5 cm³/mol. The Bertz CT molecular complexity index is 636. The molecule has 0 aliphatic carbocycles. The van der Waals surface area contributed by atoms with Crippen molar-refractivity contribution in [3.05, 3.63) is 53.6 Å². The standard InChI is InChI=1S/C16H16F3NO/c1-10(2)14-9-13(6-7-15(14)20)21-12-5-3-4-11(8-12)16(17,18)19/h3-10H,20H2,1-2H3. The Hall–Kier alpha value is -2.17. The first kappa shape index (κ1) is 15.2. The van der Waals surface area contributed by atoms with Gasteiger partial charge in [0, 0.05) is 5.69 Å². The molecule has 21 heavy (non-hydrogen) atoms. The molecule has 0 unspecified atom stereocenters. The van der Waals surface area contributed by atoms with Crippen LogP contribution in [0.15, 0.2) is 42.5 Å². The summed E-state index contributed by atoms with van der Waals surface area (Å²) in [5, 5.41) is 0. The van der Waals surface area contributed by atoms with Crippen LogP contribution in [0.2, 0.25) is 0 Å². The fourth-order valence-corrected chi connectivity index (χ4v) is 1.99. The van der Waals surface area contributed by atoms with Crippen LogP contribution in [0.5, 0.6) is 11.5 Å². The summed E-state index contributed by atoms with van der Waals surface area (Å²) in [6.45, 7) is 3.97. The second-order valence-electron chi connectivity index (χ2n) is 5.07. The zero-order valence-corrected chi connectivity index (χ0v) is 11.7. The largest absolute Gasteiger partial charge is 0.457 e. The van der Waals surface area contributed by atoms with E-state index in [1.54, 1.807) is 18.2 Å². The summed E-state index contributed by atoms with van der Waals surface area (Å²) in [6.07, 6.45) is -4.39. The number of ether oxygens (including phenoxy) is 1. The van der Waals surface area contributed by atoms with Crippen LogP contribution in [-0.2, 0) is 6.18 Å². The van der Waals surface area contributed by atoms with Gasteiger partial charge in [-0.1, -0.05) is 19.9 Å². The van der Waals surface area contributed by atoms with E-state index < -0.39 is 11.7 Å². The Kier molecular flexibility index (Phi) is 4.11. The Balaban J connectivity index is 2.28. The number of nitrogen functional groups attached to an aromatic ring is 1. The maximum absolute atomic E-state index is 12.7. The molecule has 0 aromatic heterocycles. The third-order valence-electron chi connectivity index (χ3n) is 3.08. The first-order valence-electron chi connectivity index (χ1n) is 6.52. The smallest absolute Gasteiger partial charge is 0.416 e. The van der Waals surface area contributed by atoms with Crippen molar-refractivity contribution in [3.8, 4) is 11.5 Å². The average Bonchev–Trinajstić information content (AvgIpc) is 2.40. The SMILES string of the molecule is CC(C)c1cc(Oc2cccc(C(F)(F)F)c2)ccc1N. The fraction of sp³-hybridized carbons (Fsp3) is 0.250. The molecule has 0 fully saturated rings. The van der Waals surface area contributed by atoms with E-state index in [4.69, 9.17) is 10.5 Å². The molecule has 0 saturated carbocycles. The van der Waals surface area contributed by atoms with Gasteiger partial charge in [-0.15, -0.1) is 0 Å². The molecule has 0 bridgehead atoms. The number of rotatable bonds is 3. The quantitative estimate of drug-likeness (QED) is 0.789. The van der Waals surface area contributed by atoms with Crippen molar-refractivity contribution < 1.29 is 17.9 Å². The minimum absolute atomic E-state index is 0.143. The predicted octanol–water partition coefficient (Wildman–Crippen LogP) is 5.20. The van der Waals surface area contributed by atoms with Crippen molar-refractivity contribution in [2.75, 3.05) is 5.73 Å². The van der Waals surface area contributed by atoms with Gasteiger partial charge in [-0.2, -0.15) is 13.2 Å². The molecule has 0 radical (unpaired) electrons. The third-order valence-corrected chi connectivity index (χ3v) is 3.08. The lowest BCUT2D eigenvalue weighted by Gasteiger charge is -2.13. The first-order chi connectivity index (χ1) is 9.77. The number of anilines is 1. The lowest BCUT2D eigenvalue weighted by Crippen LogP contribution is -2.04. The van der Waals surface area contributed by atoms with Gasteiger partial charge in [0.25, 0.3) is 0 Å². The topological polar surface area (TPSA) is 35.2 Å². The van der Waals surface area contributed by atoms with Gasteiger partial charge in [-0.25, -0.2) is 0 Å². The first-order valence-corrected chi connectivity index (χ1v) is 6.52. The molecule has 0 aliphatic rings. The van der Waals surface area contributed by atoms with Crippen LogP contribution in [0.3, 0.4) is 0 Å². The van der Waals surface area contributed by atoms with Crippen LogP contribution in [0.1, 0.15) is 30.9 Å². The highest BCUT2D eigenvalue weighted by atomic mass is 19.4. The van der Waals surface area contributed by atoms with E-state index in [9.17, 15) is 13.2 Å². The van der Waals surface area contributed by atoms with Crippen molar-refractivity contribution in [3.63, 3.8) is 0 Å². The maximum Gasteiger partial charge on any atom is 0.416 e. The molecule has 0 amide bonds. The van der Waals surface area contributed by atoms with Crippen molar-refractivity contribution >= 4 is 5.69 Å². The van der Waals surface area contributed by atoms with Crippen molar-refractivity contribution in [1.29, 1.82) is 0 Å². The van der Waals surface area contributed by atoms with Crippen LogP contribution in [-0.4, -0.2) is 0 Å². The van der Waals surface area contributed by atoms with Crippen LogP contribution >= 0.6 is 0 Å². The van der Waals surface area contributed by atoms with Crippen molar-refractivity contribution in [2.45, 2.75) is 25.9 Å². The summed E-state index contributed by atoms with van der Waals surface area (Å²) in [7, 11) is 0. The van der Waals surface area contributed by atoms with Gasteiger partial charge in [0.2, 0.25) is 0 Å². The molecule has 112 valence electrons. The molecular weight excluding hydrogens is 279 g/mol. The van der Waals surface area contributed by atoms with Gasteiger partial charge in [-0.3, -0.25) is 0 Å². The monoisotopic (exact) mass is 295 g/mol. The molecule has 0 atom stereocenters. The second-order valence-corrected chi connectivity index (χ2v) is 5.07. The van der Waals surface area contributed by atoms with E-state index in [-0.39, 0.29) is 11.7 Å². The van der Waals surface area contributed by atoms with Crippen LogP contribution in [0, 0.1) is 0 Å². The number of nitrogens with two attached hydrogens (primary N) is 1. The Morgan fingerprint density at radius 2 is 1.67 bits per heavy atom. The molecule has 2 nitrogen and oxygen atoms in total. The van der Waals surface area contributed by atoms with Crippen LogP contribution in [0.25, 0.3) is 0 Å². The molecule has 0 saturated heterocycles. The number of benzene rings is 2. The second kappa shape index (κ2) is 5.68. The molecule has 2 rings (SSSR count). The number of alkyl halides is 3. The van der Waals surface area contributed by atoms with Crippen molar-refractivity contribution in [1.82, 2.24) is 0 Å². The van der Waals surface area contributed by atoms with Gasteiger partial charge in [0.05, 0.1) is 5.56 Å².